The molecule has 1 aliphatic rings. The predicted molar refractivity (Wildman–Crippen MR) is 73.6 cm³/mol. The second-order valence-electron chi connectivity index (χ2n) is 5.07. The van der Waals surface area contributed by atoms with Gasteiger partial charge in [-0.05, 0) is 38.1 Å². The second-order valence-corrected chi connectivity index (χ2v) is 5.07. The lowest BCUT2D eigenvalue weighted by molar-refractivity contribution is 0.214. The third-order valence-electron chi connectivity index (χ3n) is 3.87. The van der Waals surface area contributed by atoms with E-state index in [0.717, 1.165) is 30.3 Å². The summed E-state index contributed by atoms with van der Waals surface area (Å²) in [6, 6.07) is 3.88. The normalized spacial score (nSPS) is 20.8. The Labute approximate surface area is 113 Å². The molecule has 1 saturated heterocycles. The SMILES string of the molecule is CCN1CCCC(c2nc3ccc(OC)cn3n2)C1. The van der Waals surface area contributed by atoms with Gasteiger partial charge in [-0.25, -0.2) is 9.50 Å². The van der Waals surface area contributed by atoms with Crippen LogP contribution in [0.2, 0.25) is 0 Å². The minimum Gasteiger partial charge on any atom is -0.495 e. The highest BCUT2D eigenvalue weighted by atomic mass is 16.5. The van der Waals surface area contributed by atoms with Crippen LogP contribution in [0.1, 0.15) is 31.5 Å². The van der Waals surface area contributed by atoms with Crippen molar-refractivity contribution in [3.05, 3.63) is 24.2 Å². The first kappa shape index (κ1) is 12.4. The minimum absolute atomic E-state index is 0.458. The number of hydrogen-bond acceptors (Lipinski definition) is 4. The van der Waals surface area contributed by atoms with Gasteiger partial charge >= 0.3 is 0 Å². The van der Waals surface area contributed by atoms with Gasteiger partial charge < -0.3 is 9.64 Å². The van der Waals surface area contributed by atoms with Gasteiger partial charge in [0, 0.05) is 12.5 Å². The van der Waals surface area contributed by atoms with Crippen LogP contribution >= 0.6 is 0 Å². The molecule has 3 heterocycles. The fraction of sp³-hybridized carbons (Fsp3) is 0.571. The van der Waals surface area contributed by atoms with Gasteiger partial charge in [-0.1, -0.05) is 6.92 Å². The summed E-state index contributed by atoms with van der Waals surface area (Å²) in [5.74, 6) is 2.23. The van der Waals surface area contributed by atoms with E-state index in [0.29, 0.717) is 5.92 Å². The zero-order valence-electron chi connectivity index (χ0n) is 11.5. The quantitative estimate of drug-likeness (QED) is 0.846. The van der Waals surface area contributed by atoms with Crippen molar-refractivity contribution in [1.29, 1.82) is 0 Å². The molecule has 0 aromatic carbocycles. The van der Waals surface area contributed by atoms with Crippen LogP contribution in [-0.4, -0.2) is 46.2 Å². The molecule has 0 spiro atoms. The standard InChI is InChI=1S/C14H20N4O/c1-3-17-8-4-5-11(9-17)14-15-13-7-6-12(19-2)10-18(13)16-14/h6-7,10-11H,3-5,8-9H2,1-2H3. The summed E-state index contributed by atoms with van der Waals surface area (Å²) in [5.41, 5.74) is 0.893. The van der Waals surface area contributed by atoms with Crippen LogP contribution < -0.4 is 4.74 Å². The monoisotopic (exact) mass is 260 g/mol. The summed E-state index contributed by atoms with van der Waals surface area (Å²) in [6.07, 6.45) is 4.30. The number of ether oxygens (including phenoxy) is 1. The number of fused-ring (bicyclic) bond motifs is 1. The highest BCUT2D eigenvalue weighted by Crippen LogP contribution is 2.25. The Bertz CT molecular complexity index is 566. The van der Waals surface area contributed by atoms with Crippen molar-refractivity contribution in [2.24, 2.45) is 0 Å². The number of hydrogen-bond donors (Lipinski definition) is 0. The van der Waals surface area contributed by atoms with Gasteiger partial charge in [-0.3, -0.25) is 0 Å². The van der Waals surface area contributed by atoms with Gasteiger partial charge in [0.25, 0.3) is 0 Å². The van der Waals surface area contributed by atoms with Crippen LogP contribution in [0.5, 0.6) is 5.75 Å². The number of likely N-dealkylation sites (N-methyl/N-ethyl adjacent to an activating group) is 1. The average Bonchev–Trinajstić information content (AvgIpc) is 2.90. The molecule has 5 heteroatoms. The van der Waals surface area contributed by atoms with E-state index >= 15 is 0 Å². The Balaban J connectivity index is 1.88. The number of piperidine rings is 1. The molecule has 2 aromatic rings. The maximum absolute atomic E-state index is 5.21. The van der Waals surface area contributed by atoms with Crippen molar-refractivity contribution in [2.75, 3.05) is 26.7 Å². The molecule has 1 aliphatic heterocycles. The molecule has 0 radical (unpaired) electrons. The predicted octanol–water partition coefficient (Wildman–Crippen LogP) is 1.94. The second kappa shape index (κ2) is 5.17. The van der Waals surface area contributed by atoms with Crippen molar-refractivity contribution in [3.8, 4) is 5.75 Å². The molecule has 1 unspecified atom stereocenters. The lowest BCUT2D eigenvalue weighted by Crippen LogP contribution is -2.34. The minimum atomic E-state index is 0.458. The first-order valence-electron chi connectivity index (χ1n) is 6.93. The Kier molecular flexibility index (Phi) is 3.38. The number of nitrogens with zero attached hydrogens (tertiary/aromatic N) is 4. The Hall–Kier alpha value is -1.62. The van der Waals surface area contributed by atoms with Crippen LogP contribution in [0.25, 0.3) is 5.65 Å². The van der Waals surface area contributed by atoms with E-state index in [-0.39, 0.29) is 0 Å². The van der Waals surface area contributed by atoms with Gasteiger partial charge in [-0.2, -0.15) is 5.10 Å². The number of pyridine rings is 1. The summed E-state index contributed by atoms with van der Waals surface area (Å²) in [4.78, 5) is 7.12. The van der Waals surface area contributed by atoms with E-state index in [1.54, 1.807) is 7.11 Å². The van der Waals surface area contributed by atoms with Gasteiger partial charge in [0.1, 0.15) is 5.75 Å². The van der Waals surface area contributed by atoms with Crippen molar-refractivity contribution in [1.82, 2.24) is 19.5 Å². The summed E-state index contributed by atoms with van der Waals surface area (Å²) in [6.45, 7) is 5.60. The zero-order valence-corrected chi connectivity index (χ0v) is 11.5. The molecule has 19 heavy (non-hydrogen) atoms. The third-order valence-corrected chi connectivity index (χ3v) is 3.87. The number of aromatic nitrogens is 3. The molecule has 0 amide bonds. The van der Waals surface area contributed by atoms with Gasteiger partial charge in [-0.15, -0.1) is 0 Å². The largest absolute Gasteiger partial charge is 0.495 e. The molecule has 1 fully saturated rings. The Morgan fingerprint density at radius 1 is 1.42 bits per heavy atom. The third kappa shape index (κ3) is 2.42. The smallest absolute Gasteiger partial charge is 0.156 e. The lowest BCUT2D eigenvalue weighted by atomic mass is 9.97. The highest BCUT2D eigenvalue weighted by molar-refractivity contribution is 5.40. The summed E-state index contributed by atoms with van der Waals surface area (Å²) < 4.78 is 7.03. The van der Waals surface area contributed by atoms with Gasteiger partial charge in [0.15, 0.2) is 11.5 Å². The van der Waals surface area contributed by atoms with Crippen LogP contribution in [0.4, 0.5) is 0 Å². The van der Waals surface area contributed by atoms with E-state index in [4.69, 9.17) is 4.74 Å². The molecule has 3 rings (SSSR count). The van der Waals surface area contributed by atoms with Crippen LogP contribution in [0.15, 0.2) is 18.3 Å². The van der Waals surface area contributed by atoms with Gasteiger partial charge in [0.05, 0.1) is 13.3 Å². The van der Waals surface area contributed by atoms with E-state index < -0.39 is 0 Å². The highest BCUT2D eigenvalue weighted by Gasteiger charge is 2.23. The molecular formula is C14H20N4O. The Morgan fingerprint density at radius 2 is 2.32 bits per heavy atom. The Morgan fingerprint density at radius 3 is 3.11 bits per heavy atom. The maximum atomic E-state index is 5.21. The molecule has 0 saturated carbocycles. The molecule has 0 bridgehead atoms. The molecule has 102 valence electrons. The molecule has 2 aromatic heterocycles. The number of likely N-dealkylation sites (tertiary alicyclic amines) is 1. The summed E-state index contributed by atoms with van der Waals surface area (Å²) in [5, 5.41) is 4.61. The molecule has 0 aliphatic carbocycles. The van der Waals surface area contributed by atoms with Crippen molar-refractivity contribution < 1.29 is 4.74 Å². The van der Waals surface area contributed by atoms with Crippen molar-refractivity contribution >= 4 is 5.65 Å². The number of methoxy groups -OCH3 is 1. The average molecular weight is 260 g/mol. The van der Waals surface area contributed by atoms with Crippen molar-refractivity contribution in [2.45, 2.75) is 25.7 Å². The zero-order chi connectivity index (χ0) is 13.2. The number of rotatable bonds is 3. The van der Waals surface area contributed by atoms with Crippen molar-refractivity contribution in [3.63, 3.8) is 0 Å². The van der Waals surface area contributed by atoms with E-state index in [1.165, 1.54) is 19.4 Å². The van der Waals surface area contributed by atoms with E-state index in [2.05, 4.69) is 21.9 Å². The fourth-order valence-electron chi connectivity index (χ4n) is 2.73. The molecule has 1 atom stereocenters. The lowest BCUT2D eigenvalue weighted by Gasteiger charge is -2.30. The first-order chi connectivity index (χ1) is 9.30. The van der Waals surface area contributed by atoms with Crippen LogP contribution in [0.3, 0.4) is 0 Å². The maximum Gasteiger partial charge on any atom is 0.156 e. The summed E-state index contributed by atoms with van der Waals surface area (Å²) in [7, 11) is 1.67. The topological polar surface area (TPSA) is 42.7 Å². The fourth-order valence-corrected chi connectivity index (χ4v) is 2.73. The molecular weight excluding hydrogens is 240 g/mol. The summed E-state index contributed by atoms with van der Waals surface area (Å²) >= 11 is 0. The first-order valence-corrected chi connectivity index (χ1v) is 6.93. The molecule has 5 nitrogen and oxygen atoms in total. The van der Waals surface area contributed by atoms with E-state index in [9.17, 15) is 0 Å². The van der Waals surface area contributed by atoms with Crippen LogP contribution in [-0.2, 0) is 0 Å². The van der Waals surface area contributed by atoms with Crippen LogP contribution in [0, 0.1) is 0 Å². The van der Waals surface area contributed by atoms with E-state index in [1.807, 2.05) is 22.8 Å². The van der Waals surface area contributed by atoms with Gasteiger partial charge in [0.2, 0.25) is 0 Å². The molecule has 0 N–H and O–H groups in total.